The molecule has 0 bridgehead atoms. The second-order valence-corrected chi connectivity index (χ2v) is 5.55. The fraction of sp³-hybridized carbons (Fsp3) is 0.167. The van der Waals surface area contributed by atoms with Crippen molar-refractivity contribution < 1.29 is 9.59 Å². The molecule has 0 saturated carbocycles. The van der Waals surface area contributed by atoms with Gasteiger partial charge in [-0.1, -0.05) is 35.9 Å². The standard InChI is InChI=1S/C18H16ClN3O2/c19-15-6-3-4-13(10-15)8-9-21-17(23)11-18(24)22-16-7-2-1-5-14(16)12-20/h1-7,10H,8-9,11H2,(H,21,23)(H,22,24). The van der Waals surface area contributed by atoms with Gasteiger partial charge in [0.2, 0.25) is 11.8 Å². The molecule has 2 aromatic carbocycles. The first kappa shape index (κ1) is 17.5. The molecule has 0 aromatic heterocycles. The maximum Gasteiger partial charge on any atom is 0.233 e. The van der Waals surface area contributed by atoms with E-state index in [9.17, 15) is 9.59 Å². The maximum absolute atomic E-state index is 11.9. The summed E-state index contributed by atoms with van der Waals surface area (Å²) in [6, 6.07) is 16.0. The molecule has 2 N–H and O–H groups in total. The number of rotatable bonds is 6. The molecule has 24 heavy (non-hydrogen) atoms. The van der Waals surface area contributed by atoms with E-state index in [0.29, 0.717) is 29.2 Å². The van der Waals surface area contributed by atoms with Gasteiger partial charge in [-0.25, -0.2) is 0 Å². The van der Waals surface area contributed by atoms with Gasteiger partial charge in [-0.05, 0) is 36.2 Å². The van der Waals surface area contributed by atoms with Crippen LogP contribution in [0.2, 0.25) is 5.02 Å². The molecule has 0 aliphatic rings. The van der Waals surface area contributed by atoms with E-state index in [4.69, 9.17) is 16.9 Å². The van der Waals surface area contributed by atoms with Crippen LogP contribution in [0.1, 0.15) is 17.5 Å². The quantitative estimate of drug-likeness (QED) is 0.792. The van der Waals surface area contributed by atoms with Crippen LogP contribution in [0.15, 0.2) is 48.5 Å². The van der Waals surface area contributed by atoms with Crippen LogP contribution in [0.3, 0.4) is 0 Å². The highest BCUT2D eigenvalue weighted by Crippen LogP contribution is 2.13. The number of nitrogens with one attached hydrogen (secondary N) is 2. The smallest absolute Gasteiger partial charge is 0.233 e. The van der Waals surface area contributed by atoms with Crippen molar-refractivity contribution in [2.75, 3.05) is 11.9 Å². The van der Waals surface area contributed by atoms with Crippen LogP contribution < -0.4 is 10.6 Å². The van der Waals surface area contributed by atoms with Crippen LogP contribution in [-0.2, 0) is 16.0 Å². The highest BCUT2D eigenvalue weighted by molar-refractivity contribution is 6.30. The molecular weight excluding hydrogens is 326 g/mol. The number of nitriles is 1. The Kier molecular flexibility index (Phi) is 6.35. The number of hydrogen-bond donors (Lipinski definition) is 2. The van der Waals surface area contributed by atoms with Crippen LogP contribution >= 0.6 is 11.6 Å². The Balaban J connectivity index is 1.78. The minimum Gasteiger partial charge on any atom is -0.355 e. The molecule has 0 unspecified atom stereocenters. The summed E-state index contributed by atoms with van der Waals surface area (Å²) in [6.45, 7) is 0.418. The SMILES string of the molecule is N#Cc1ccccc1NC(=O)CC(=O)NCCc1cccc(Cl)c1. The lowest BCUT2D eigenvalue weighted by atomic mass is 10.1. The first-order chi connectivity index (χ1) is 11.6. The third-order valence-electron chi connectivity index (χ3n) is 3.27. The Bertz CT molecular complexity index is 784. The van der Waals surface area contributed by atoms with Gasteiger partial charge in [-0.3, -0.25) is 9.59 Å². The maximum atomic E-state index is 11.9. The number of amides is 2. The molecule has 0 aliphatic heterocycles. The van der Waals surface area contributed by atoms with Gasteiger partial charge >= 0.3 is 0 Å². The van der Waals surface area contributed by atoms with Gasteiger partial charge in [0.25, 0.3) is 0 Å². The van der Waals surface area contributed by atoms with E-state index < -0.39 is 5.91 Å². The third-order valence-corrected chi connectivity index (χ3v) is 3.50. The molecule has 0 radical (unpaired) electrons. The Morgan fingerprint density at radius 2 is 1.88 bits per heavy atom. The van der Waals surface area contributed by atoms with Crippen molar-refractivity contribution in [2.24, 2.45) is 0 Å². The van der Waals surface area contributed by atoms with Crippen molar-refractivity contribution in [3.05, 3.63) is 64.7 Å². The molecule has 0 spiro atoms. The zero-order chi connectivity index (χ0) is 17.4. The lowest BCUT2D eigenvalue weighted by Gasteiger charge is -2.08. The second kappa shape index (κ2) is 8.70. The summed E-state index contributed by atoms with van der Waals surface area (Å²) in [5.74, 6) is -0.832. The molecule has 0 heterocycles. The molecule has 0 saturated heterocycles. The summed E-state index contributed by atoms with van der Waals surface area (Å²) in [6.07, 6.45) is 0.334. The molecule has 0 fully saturated rings. The average molecular weight is 342 g/mol. The molecule has 2 rings (SSSR count). The van der Waals surface area contributed by atoms with E-state index in [0.717, 1.165) is 5.56 Å². The third kappa shape index (κ3) is 5.41. The summed E-state index contributed by atoms with van der Waals surface area (Å²) in [5.41, 5.74) is 1.76. The van der Waals surface area contributed by atoms with Crippen LogP contribution in [0.5, 0.6) is 0 Å². The van der Waals surface area contributed by atoms with Crippen molar-refractivity contribution in [1.29, 1.82) is 5.26 Å². The van der Waals surface area contributed by atoms with Crippen molar-refractivity contribution in [2.45, 2.75) is 12.8 Å². The molecular formula is C18H16ClN3O2. The van der Waals surface area contributed by atoms with E-state index in [-0.39, 0.29) is 12.3 Å². The zero-order valence-electron chi connectivity index (χ0n) is 12.9. The molecule has 2 amide bonds. The summed E-state index contributed by atoms with van der Waals surface area (Å²) < 4.78 is 0. The highest BCUT2D eigenvalue weighted by Gasteiger charge is 2.11. The van der Waals surface area contributed by atoms with Crippen LogP contribution in [-0.4, -0.2) is 18.4 Å². The number of carbonyl (C=O) groups excluding carboxylic acids is 2. The molecule has 122 valence electrons. The number of halogens is 1. The molecule has 0 atom stereocenters. The second-order valence-electron chi connectivity index (χ2n) is 5.11. The zero-order valence-corrected chi connectivity index (χ0v) is 13.6. The van der Waals surface area contributed by atoms with Crippen LogP contribution in [0.25, 0.3) is 0 Å². The first-order valence-electron chi connectivity index (χ1n) is 7.38. The van der Waals surface area contributed by atoms with E-state index >= 15 is 0 Å². The van der Waals surface area contributed by atoms with Crippen LogP contribution in [0, 0.1) is 11.3 Å². The average Bonchev–Trinajstić information content (AvgIpc) is 2.55. The van der Waals surface area contributed by atoms with Gasteiger partial charge in [-0.15, -0.1) is 0 Å². The fourth-order valence-electron chi connectivity index (χ4n) is 2.13. The van der Waals surface area contributed by atoms with E-state index in [2.05, 4.69) is 10.6 Å². The predicted molar refractivity (Wildman–Crippen MR) is 92.6 cm³/mol. The van der Waals surface area contributed by atoms with Gasteiger partial charge in [0, 0.05) is 11.6 Å². The molecule has 2 aromatic rings. The minimum absolute atomic E-state index is 0.296. The summed E-state index contributed by atoms with van der Waals surface area (Å²) in [7, 11) is 0. The molecule has 5 nitrogen and oxygen atoms in total. The normalized spacial score (nSPS) is 9.83. The van der Waals surface area contributed by atoms with Gasteiger partial charge in [0.15, 0.2) is 0 Å². The Labute approximate surface area is 145 Å². The number of benzene rings is 2. The lowest BCUT2D eigenvalue weighted by Crippen LogP contribution is -2.29. The number of hydrogen-bond acceptors (Lipinski definition) is 3. The number of para-hydroxylation sites is 1. The Hall–Kier alpha value is -2.84. The predicted octanol–water partition coefficient (Wildman–Crippen LogP) is 2.90. The summed E-state index contributed by atoms with van der Waals surface area (Å²) in [5, 5.41) is 14.9. The van der Waals surface area contributed by atoms with E-state index in [1.807, 2.05) is 24.3 Å². The summed E-state index contributed by atoms with van der Waals surface area (Å²) >= 11 is 5.89. The minimum atomic E-state index is -0.460. The molecule has 6 heteroatoms. The van der Waals surface area contributed by atoms with E-state index in [1.165, 1.54) is 0 Å². The monoisotopic (exact) mass is 341 g/mol. The van der Waals surface area contributed by atoms with Crippen molar-refractivity contribution in [3.63, 3.8) is 0 Å². The van der Waals surface area contributed by atoms with Crippen LogP contribution in [0.4, 0.5) is 5.69 Å². The Morgan fingerprint density at radius 1 is 1.08 bits per heavy atom. The number of anilines is 1. The van der Waals surface area contributed by atoms with Crippen molar-refractivity contribution >= 4 is 29.1 Å². The van der Waals surface area contributed by atoms with Gasteiger partial charge in [-0.2, -0.15) is 5.26 Å². The highest BCUT2D eigenvalue weighted by atomic mass is 35.5. The number of nitrogens with zero attached hydrogens (tertiary/aromatic N) is 1. The lowest BCUT2D eigenvalue weighted by molar-refractivity contribution is -0.126. The topological polar surface area (TPSA) is 82.0 Å². The summed E-state index contributed by atoms with van der Waals surface area (Å²) in [4.78, 5) is 23.7. The van der Waals surface area contributed by atoms with E-state index in [1.54, 1.807) is 30.3 Å². The van der Waals surface area contributed by atoms with Gasteiger partial charge in [0.1, 0.15) is 12.5 Å². The number of carbonyl (C=O) groups is 2. The largest absolute Gasteiger partial charge is 0.355 e. The van der Waals surface area contributed by atoms with Gasteiger partial charge < -0.3 is 10.6 Å². The fourth-order valence-corrected chi connectivity index (χ4v) is 2.34. The van der Waals surface area contributed by atoms with Gasteiger partial charge in [0.05, 0.1) is 11.3 Å². The molecule has 0 aliphatic carbocycles. The van der Waals surface area contributed by atoms with Crippen molar-refractivity contribution in [1.82, 2.24) is 5.32 Å². The van der Waals surface area contributed by atoms with Crippen molar-refractivity contribution in [3.8, 4) is 6.07 Å². The Morgan fingerprint density at radius 3 is 2.62 bits per heavy atom. The first-order valence-corrected chi connectivity index (χ1v) is 7.76.